The number of nitrogens with zero attached hydrogens (tertiary/aromatic N) is 5. The van der Waals surface area contributed by atoms with E-state index in [1.54, 1.807) is 6.20 Å². The topological polar surface area (TPSA) is 58.4 Å². The molecule has 1 N–H and O–H groups in total. The molecule has 0 amide bonds. The molecule has 1 fully saturated rings. The molecule has 0 radical (unpaired) electrons. The fourth-order valence-corrected chi connectivity index (χ4v) is 3.24. The number of anilines is 1. The van der Waals surface area contributed by atoms with E-state index >= 15 is 0 Å². The quantitative estimate of drug-likeness (QED) is 0.780. The Balaban J connectivity index is 1.37. The Labute approximate surface area is 135 Å². The lowest BCUT2D eigenvalue weighted by atomic mass is 10.2. The fourth-order valence-electron chi connectivity index (χ4n) is 3.24. The lowest BCUT2D eigenvalue weighted by Gasteiger charge is -2.25. The molecular formula is C17H20N6. The smallest absolute Gasteiger partial charge is 0.151 e. The molecule has 1 atom stereocenters. The number of imidazole rings is 1. The van der Waals surface area contributed by atoms with E-state index in [1.807, 2.05) is 36.5 Å². The highest BCUT2D eigenvalue weighted by Crippen LogP contribution is 2.22. The zero-order valence-electron chi connectivity index (χ0n) is 13.0. The van der Waals surface area contributed by atoms with E-state index in [0.717, 1.165) is 36.8 Å². The molecule has 1 aliphatic heterocycles. The number of hydrogen-bond donors (Lipinski definition) is 1. The molecule has 118 valence electrons. The van der Waals surface area contributed by atoms with E-state index in [1.165, 1.54) is 12.8 Å². The van der Waals surface area contributed by atoms with Crippen molar-refractivity contribution in [1.82, 2.24) is 24.9 Å². The molecule has 0 bridgehead atoms. The molecule has 4 heterocycles. The second kappa shape index (κ2) is 6.34. The predicted octanol–water partition coefficient (Wildman–Crippen LogP) is 1.88. The lowest BCUT2D eigenvalue weighted by Crippen LogP contribution is -2.38. The average molecular weight is 308 g/mol. The molecule has 0 saturated carbocycles. The highest BCUT2D eigenvalue weighted by atomic mass is 15.3. The van der Waals surface area contributed by atoms with Gasteiger partial charge in [-0.25, -0.2) is 4.98 Å². The molecule has 3 aromatic rings. The van der Waals surface area contributed by atoms with E-state index < -0.39 is 0 Å². The molecule has 0 unspecified atom stereocenters. The van der Waals surface area contributed by atoms with Crippen LogP contribution >= 0.6 is 0 Å². The summed E-state index contributed by atoms with van der Waals surface area (Å²) in [6, 6.07) is 10.5. The van der Waals surface area contributed by atoms with Crippen molar-refractivity contribution < 1.29 is 0 Å². The third-order valence-electron chi connectivity index (χ3n) is 4.33. The zero-order chi connectivity index (χ0) is 15.5. The Kier molecular flexibility index (Phi) is 3.90. The van der Waals surface area contributed by atoms with E-state index in [2.05, 4.69) is 36.0 Å². The SMILES string of the molecule is c1cnnc(N2CCC[C@@H]2CNCc2cn3ccccc3n2)c1. The minimum Gasteiger partial charge on any atom is -0.351 e. The Morgan fingerprint density at radius 1 is 1.22 bits per heavy atom. The van der Waals surface area contributed by atoms with Crippen LogP contribution in [0, 0.1) is 0 Å². The molecule has 6 heteroatoms. The van der Waals surface area contributed by atoms with Gasteiger partial charge in [0.05, 0.1) is 5.69 Å². The highest BCUT2D eigenvalue weighted by Gasteiger charge is 2.25. The van der Waals surface area contributed by atoms with Crippen molar-refractivity contribution in [2.24, 2.45) is 0 Å². The Morgan fingerprint density at radius 3 is 3.09 bits per heavy atom. The van der Waals surface area contributed by atoms with Crippen molar-refractivity contribution in [3.8, 4) is 0 Å². The summed E-state index contributed by atoms with van der Waals surface area (Å²) in [5.41, 5.74) is 2.06. The maximum absolute atomic E-state index is 4.62. The maximum atomic E-state index is 4.62. The van der Waals surface area contributed by atoms with Crippen molar-refractivity contribution >= 4 is 11.5 Å². The normalized spacial score (nSPS) is 17.9. The van der Waals surface area contributed by atoms with E-state index in [9.17, 15) is 0 Å². The van der Waals surface area contributed by atoms with Crippen LogP contribution in [-0.4, -0.2) is 38.7 Å². The van der Waals surface area contributed by atoms with Crippen molar-refractivity contribution in [3.05, 3.63) is 54.6 Å². The van der Waals surface area contributed by atoms with Crippen LogP contribution in [0.1, 0.15) is 18.5 Å². The monoisotopic (exact) mass is 308 g/mol. The summed E-state index contributed by atoms with van der Waals surface area (Å²) in [7, 11) is 0. The van der Waals surface area contributed by atoms with Gasteiger partial charge in [0, 0.05) is 44.3 Å². The molecular weight excluding hydrogens is 288 g/mol. The molecule has 1 saturated heterocycles. The van der Waals surface area contributed by atoms with Crippen LogP contribution in [0.25, 0.3) is 5.65 Å². The van der Waals surface area contributed by atoms with E-state index in [4.69, 9.17) is 0 Å². The van der Waals surface area contributed by atoms with Gasteiger partial charge in [-0.15, -0.1) is 5.10 Å². The first kappa shape index (κ1) is 14.1. The maximum Gasteiger partial charge on any atom is 0.151 e. The third kappa shape index (κ3) is 3.03. The average Bonchev–Trinajstić information content (AvgIpc) is 3.22. The van der Waals surface area contributed by atoms with Gasteiger partial charge in [0.2, 0.25) is 0 Å². The zero-order valence-corrected chi connectivity index (χ0v) is 13.0. The third-order valence-corrected chi connectivity index (χ3v) is 4.33. The van der Waals surface area contributed by atoms with Gasteiger partial charge in [-0.05, 0) is 37.1 Å². The van der Waals surface area contributed by atoms with Gasteiger partial charge >= 0.3 is 0 Å². The fraction of sp³-hybridized carbons (Fsp3) is 0.353. The minimum atomic E-state index is 0.476. The van der Waals surface area contributed by atoms with Crippen LogP contribution in [0.3, 0.4) is 0 Å². The molecule has 0 spiro atoms. The standard InChI is InChI=1S/C17H20N6/c1-2-9-22-13-14(20-16(22)6-1)11-18-12-15-5-4-10-23(15)17-7-3-8-19-21-17/h1-3,6-9,13,15,18H,4-5,10-12H2/t15-/m1/s1. The Morgan fingerprint density at radius 2 is 2.22 bits per heavy atom. The second-order valence-corrected chi connectivity index (χ2v) is 5.90. The van der Waals surface area contributed by atoms with Crippen LogP contribution in [0.4, 0.5) is 5.82 Å². The number of rotatable bonds is 5. The van der Waals surface area contributed by atoms with Gasteiger partial charge in [0.25, 0.3) is 0 Å². The van der Waals surface area contributed by atoms with Crippen LogP contribution in [0.2, 0.25) is 0 Å². The number of hydrogen-bond acceptors (Lipinski definition) is 5. The largest absolute Gasteiger partial charge is 0.351 e. The number of fused-ring (bicyclic) bond motifs is 1. The Hall–Kier alpha value is -2.47. The molecule has 23 heavy (non-hydrogen) atoms. The molecule has 6 nitrogen and oxygen atoms in total. The highest BCUT2D eigenvalue weighted by molar-refractivity contribution is 5.40. The molecule has 1 aliphatic rings. The van der Waals surface area contributed by atoms with Crippen LogP contribution in [0.15, 0.2) is 48.9 Å². The van der Waals surface area contributed by atoms with Crippen LogP contribution in [-0.2, 0) is 6.54 Å². The molecule has 4 rings (SSSR count). The van der Waals surface area contributed by atoms with Gasteiger partial charge in [0.1, 0.15) is 5.65 Å². The summed E-state index contributed by atoms with van der Waals surface area (Å²) in [5.74, 6) is 0.976. The van der Waals surface area contributed by atoms with Gasteiger partial charge in [-0.2, -0.15) is 5.10 Å². The Bertz CT molecular complexity index is 736. The number of pyridine rings is 1. The van der Waals surface area contributed by atoms with E-state index in [-0.39, 0.29) is 0 Å². The van der Waals surface area contributed by atoms with Gasteiger partial charge in [-0.3, -0.25) is 0 Å². The summed E-state index contributed by atoms with van der Waals surface area (Å²) in [4.78, 5) is 6.97. The molecule has 0 aromatic carbocycles. The summed E-state index contributed by atoms with van der Waals surface area (Å²) < 4.78 is 2.05. The molecule has 3 aromatic heterocycles. The first-order valence-corrected chi connectivity index (χ1v) is 8.08. The second-order valence-electron chi connectivity index (χ2n) is 5.90. The number of aromatic nitrogens is 4. The van der Waals surface area contributed by atoms with Crippen molar-refractivity contribution in [3.63, 3.8) is 0 Å². The van der Waals surface area contributed by atoms with Gasteiger partial charge < -0.3 is 14.6 Å². The summed E-state index contributed by atoms with van der Waals surface area (Å²) >= 11 is 0. The summed E-state index contributed by atoms with van der Waals surface area (Å²) in [6.45, 7) is 2.77. The van der Waals surface area contributed by atoms with Crippen molar-refractivity contribution in [1.29, 1.82) is 0 Å². The summed E-state index contributed by atoms with van der Waals surface area (Å²) in [5, 5.41) is 11.8. The minimum absolute atomic E-state index is 0.476. The van der Waals surface area contributed by atoms with Crippen LogP contribution in [0.5, 0.6) is 0 Å². The van der Waals surface area contributed by atoms with Crippen molar-refractivity contribution in [2.75, 3.05) is 18.0 Å². The van der Waals surface area contributed by atoms with Gasteiger partial charge in [-0.1, -0.05) is 6.07 Å². The predicted molar refractivity (Wildman–Crippen MR) is 89.3 cm³/mol. The van der Waals surface area contributed by atoms with Crippen LogP contribution < -0.4 is 10.2 Å². The van der Waals surface area contributed by atoms with E-state index in [0.29, 0.717) is 6.04 Å². The summed E-state index contributed by atoms with van der Waals surface area (Å²) in [6.07, 6.45) is 8.22. The first-order chi connectivity index (χ1) is 11.4. The molecule has 0 aliphatic carbocycles. The van der Waals surface area contributed by atoms with Crippen molar-refractivity contribution in [2.45, 2.75) is 25.4 Å². The lowest BCUT2D eigenvalue weighted by molar-refractivity contribution is 0.566. The van der Waals surface area contributed by atoms with Gasteiger partial charge in [0.15, 0.2) is 5.82 Å². The number of nitrogens with one attached hydrogen (secondary N) is 1. The first-order valence-electron chi connectivity index (χ1n) is 8.08.